The minimum Gasteiger partial charge on any atom is -0.388 e. The van der Waals surface area contributed by atoms with Crippen molar-refractivity contribution in [2.24, 2.45) is 0 Å². The van der Waals surface area contributed by atoms with Crippen LogP contribution in [0.25, 0.3) is 10.9 Å². The lowest BCUT2D eigenvalue weighted by atomic mass is 9.91. The quantitative estimate of drug-likeness (QED) is 0.699. The number of fused-ring (bicyclic) bond motifs is 1. The Morgan fingerprint density at radius 2 is 1.97 bits per heavy atom. The molecule has 0 atom stereocenters. The van der Waals surface area contributed by atoms with Crippen molar-refractivity contribution in [3.05, 3.63) is 54.2 Å². The normalized spacial score (nSPS) is 16.4. The molecule has 0 spiro atoms. The molecule has 3 heterocycles. The number of carbonyl (C=O) groups is 1. The number of hydrogen-bond donors (Lipinski definition) is 1. The number of carbonyl (C=O) groups excluding carboxylic acids is 1. The van der Waals surface area contributed by atoms with Crippen LogP contribution in [0.1, 0.15) is 37.6 Å². The van der Waals surface area contributed by atoms with Crippen molar-refractivity contribution < 1.29 is 9.90 Å². The van der Waals surface area contributed by atoms with Gasteiger partial charge in [-0.15, -0.1) is 0 Å². The van der Waals surface area contributed by atoms with Gasteiger partial charge in [-0.25, -0.2) is 4.98 Å². The molecule has 1 N–H and O–H groups in total. The Kier molecular flexibility index (Phi) is 5.46. The average molecular weight is 395 g/mol. The van der Waals surface area contributed by atoms with Crippen LogP contribution in [0.3, 0.4) is 0 Å². The molecule has 2 aromatic heterocycles. The van der Waals surface area contributed by atoms with E-state index in [0.717, 1.165) is 18.8 Å². The first-order valence-electron chi connectivity index (χ1n) is 10.5. The van der Waals surface area contributed by atoms with Crippen molar-refractivity contribution in [1.29, 1.82) is 0 Å². The highest BCUT2D eigenvalue weighted by atomic mass is 16.3. The first-order valence-corrected chi connectivity index (χ1v) is 10.5. The third kappa shape index (κ3) is 4.08. The standard InChI is InChI=1S/C23H30N4O2/c1-3-25-16-19(20-6-4-5-7-21(20)25)8-9-22(28)26-13-10-23(29,11-14-26)17-27-15-12-24-18(27)2/h4-7,12,15-16,29H,3,8-11,13-14,17H2,1-2H3. The van der Waals surface area contributed by atoms with Gasteiger partial charge in [0.05, 0.1) is 12.1 Å². The molecule has 6 heteroatoms. The van der Waals surface area contributed by atoms with E-state index in [1.807, 2.05) is 22.6 Å². The fraction of sp³-hybridized carbons (Fsp3) is 0.478. The lowest BCUT2D eigenvalue weighted by molar-refractivity contribution is -0.135. The number of benzene rings is 1. The van der Waals surface area contributed by atoms with Gasteiger partial charge in [-0.2, -0.15) is 0 Å². The van der Waals surface area contributed by atoms with Crippen LogP contribution in [-0.4, -0.2) is 48.7 Å². The Bertz CT molecular complexity index is 995. The van der Waals surface area contributed by atoms with Crippen LogP contribution in [0, 0.1) is 6.92 Å². The highest BCUT2D eigenvalue weighted by molar-refractivity contribution is 5.85. The number of imidazole rings is 1. The first kappa shape index (κ1) is 19.7. The smallest absolute Gasteiger partial charge is 0.222 e. The molecule has 29 heavy (non-hydrogen) atoms. The topological polar surface area (TPSA) is 63.3 Å². The van der Waals surface area contributed by atoms with Gasteiger partial charge >= 0.3 is 0 Å². The predicted octanol–water partition coefficient (Wildman–Crippen LogP) is 3.15. The van der Waals surface area contributed by atoms with Crippen molar-refractivity contribution in [1.82, 2.24) is 19.0 Å². The SMILES string of the molecule is CCn1cc(CCC(=O)N2CCC(O)(Cn3ccnc3C)CC2)c2ccccc21. The summed E-state index contributed by atoms with van der Waals surface area (Å²) in [6.45, 7) is 6.77. The maximum Gasteiger partial charge on any atom is 0.222 e. The molecule has 0 unspecified atom stereocenters. The number of aryl methyl sites for hydroxylation is 3. The number of nitrogens with zero attached hydrogens (tertiary/aromatic N) is 4. The average Bonchev–Trinajstić information content (AvgIpc) is 3.29. The van der Waals surface area contributed by atoms with E-state index in [4.69, 9.17) is 0 Å². The van der Waals surface area contributed by atoms with Crippen LogP contribution in [0.4, 0.5) is 0 Å². The number of hydrogen-bond acceptors (Lipinski definition) is 3. The maximum atomic E-state index is 12.8. The molecule has 0 aliphatic carbocycles. The molecule has 1 saturated heterocycles. The number of amides is 1. The number of piperidine rings is 1. The van der Waals surface area contributed by atoms with Gasteiger partial charge in [0.15, 0.2) is 0 Å². The molecule has 3 aromatic rings. The molecule has 154 valence electrons. The number of para-hydroxylation sites is 1. The molecule has 1 aliphatic heterocycles. The van der Waals surface area contributed by atoms with E-state index in [2.05, 4.69) is 46.9 Å². The Balaban J connectivity index is 1.34. The monoisotopic (exact) mass is 394 g/mol. The van der Waals surface area contributed by atoms with Crippen LogP contribution >= 0.6 is 0 Å². The lowest BCUT2D eigenvalue weighted by Gasteiger charge is -2.38. The Labute approximate surface area is 171 Å². The molecule has 1 aliphatic rings. The summed E-state index contributed by atoms with van der Waals surface area (Å²) in [6.07, 6.45) is 8.31. The summed E-state index contributed by atoms with van der Waals surface area (Å²) in [5.74, 6) is 1.09. The Hall–Kier alpha value is -2.60. The van der Waals surface area contributed by atoms with Gasteiger partial charge in [-0.1, -0.05) is 18.2 Å². The van der Waals surface area contributed by atoms with Crippen LogP contribution in [-0.2, 0) is 24.3 Å². The minimum atomic E-state index is -0.767. The van der Waals surface area contributed by atoms with E-state index in [1.54, 1.807) is 6.20 Å². The zero-order valence-electron chi connectivity index (χ0n) is 17.3. The molecule has 0 radical (unpaired) electrons. The fourth-order valence-corrected chi connectivity index (χ4v) is 4.40. The molecular formula is C23H30N4O2. The second kappa shape index (κ2) is 8.03. The summed E-state index contributed by atoms with van der Waals surface area (Å²) in [6, 6.07) is 8.39. The second-order valence-corrected chi connectivity index (χ2v) is 8.16. The van der Waals surface area contributed by atoms with Crippen LogP contribution in [0.15, 0.2) is 42.9 Å². The van der Waals surface area contributed by atoms with Crippen LogP contribution < -0.4 is 0 Å². The number of aromatic nitrogens is 3. The molecule has 1 aromatic carbocycles. The van der Waals surface area contributed by atoms with Crippen LogP contribution in [0.2, 0.25) is 0 Å². The first-order chi connectivity index (χ1) is 14.0. The van der Waals surface area contributed by atoms with Crippen molar-refractivity contribution in [2.45, 2.75) is 58.2 Å². The lowest BCUT2D eigenvalue weighted by Crippen LogP contribution is -2.48. The van der Waals surface area contributed by atoms with Gasteiger partial charge in [-0.3, -0.25) is 4.79 Å². The Morgan fingerprint density at radius 3 is 2.66 bits per heavy atom. The van der Waals surface area contributed by atoms with Gasteiger partial charge < -0.3 is 19.1 Å². The molecular weight excluding hydrogens is 364 g/mol. The van der Waals surface area contributed by atoms with E-state index < -0.39 is 5.60 Å². The summed E-state index contributed by atoms with van der Waals surface area (Å²) in [5.41, 5.74) is 1.70. The van der Waals surface area contributed by atoms with Crippen molar-refractivity contribution >= 4 is 16.8 Å². The zero-order valence-corrected chi connectivity index (χ0v) is 17.3. The van der Waals surface area contributed by atoms with Crippen LogP contribution in [0.5, 0.6) is 0 Å². The summed E-state index contributed by atoms with van der Waals surface area (Å²) in [7, 11) is 0. The fourth-order valence-electron chi connectivity index (χ4n) is 4.40. The van der Waals surface area contributed by atoms with E-state index in [0.29, 0.717) is 38.9 Å². The summed E-state index contributed by atoms with van der Waals surface area (Å²) in [5, 5.41) is 12.2. The van der Waals surface area contributed by atoms with Gasteiger partial charge in [0, 0.05) is 55.5 Å². The van der Waals surface area contributed by atoms with E-state index in [9.17, 15) is 9.90 Å². The van der Waals surface area contributed by atoms with Gasteiger partial charge in [-0.05, 0) is 44.7 Å². The second-order valence-electron chi connectivity index (χ2n) is 8.16. The summed E-state index contributed by atoms with van der Waals surface area (Å²) in [4.78, 5) is 18.9. The maximum absolute atomic E-state index is 12.8. The van der Waals surface area contributed by atoms with E-state index in [1.165, 1.54) is 16.5 Å². The third-order valence-corrected chi connectivity index (χ3v) is 6.26. The molecule has 0 saturated carbocycles. The van der Waals surface area contributed by atoms with E-state index >= 15 is 0 Å². The molecule has 4 rings (SSSR count). The van der Waals surface area contributed by atoms with Crippen molar-refractivity contribution in [2.75, 3.05) is 13.1 Å². The highest BCUT2D eigenvalue weighted by Crippen LogP contribution is 2.26. The van der Waals surface area contributed by atoms with Gasteiger partial charge in [0.1, 0.15) is 5.82 Å². The predicted molar refractivity (Wildman–Crippen MR) is 114 cm³/mol. The largest absolute Gasteiger partial charge is 0.388 e. The third-order valence-electron chi connectivity index (χ3n) is 6.26. The summed E-state index contributed by atoms with van der Waals surface area (Å²) >= 11 is 0. The van der Waals surface area contributed by atoms with Crippen molar-refractivity contribution in [3.8, 4) is 0 Å². The van der Waals surface area contributed by atoms with E-state index in [-0.39, 0.29) is 5.91 Å². The number of likely N-dealkylation sites (tertiary alicyclic amines) is 1. The molecule has 1 amide bonds. The van der Waals surface area contributed by atoms with Gasteiger partial charge in [0.25, 0.3) is 0 Å². The zero-order chi connectivity index (χ0) is 20.4. The Morgan fingerprint density at radius 1 is 1.21 bits per heavy atom. The molecule has 0 bridgehead atoms. The van der Waals surface area contributed by atoms with Gasteiger partial charge in [0.2, 0.25) is 5.91 Å². The highest BCUT2D eigenvalue weighted by Gasteiger charge is 2.34. The molecule has 6 nitrogen and oxygen atoms in total. The number of rotatable bonds is 6. The number of aliphatic hydroxyl groups is 1. The molecule has 1 fully saturated rings. The van der Waals surface area contributed by atoms with Crippen molar-refractivity contribution in [3.63, 3.8) is 0 Å². The minimum absolute atomic E-state index is 0.180. The summed E-state index contributed by atoms with van der Waals surface area (Å²) < 4.78 is 4.23.